The van der Waals surface area contributed by atoms with Crippen LogP contribution in [0.4, 0.5) is 0 Å². The number of carbonyl (C=O) groups is 1. The van der Waals surface area contributed by atoms with E-state index >= 15 is 0 Å². The van der Waals surface area contributed by atoms with Crippen molar-refractivity contribution in [3.63, 3.8) is 0 Å². The molecule has 2 aromatic carbocycles. The van der Waals surface area contributed by atoms with E-state index in [9.17, 15) is 10.1 Å². The van der Waals surface area contributed by atoms with Gasteiger partial charge in [-0.25, -0.2) is 4.79 Å². The van der Waals surface area contributed by atoms with Gasteiger partial charge in [-0.15, -0.1) is 0 Å². The van der Waals surface area contributed by atoms with E-state index < -0.39 is 5.97 Å². The number of furan rings is 1. The summed E-state index contributed by atoms with van der Waals surface area (Å²) >= 11 is 11.7. The molecule has 0 atom stereocenters. The Hall–Kier alpha value is -3.00. The SMILES string of the molecule is N#C/C(=C/c1ccc(-c2ccc(Cl)c(C(=O)O)c2)o1)c1ccc(Cl)cc1. The Morgan fingerprint density at radius 2 is 1.81 bits per heavy atom. The Morgan fingerprint density at radius 1 is 1.08 bits per heavy atom. The zero-order valence-electron chi connectivity index (χ0n) is 13.2. The molecule has 0 aliphatic heterocycles. The van der Waals surface area contributed by atoms with Crippen molar-refractivity contribution in [2.24, 2.45) is 0 Å². The standard InChI is InChI=1S/C20H11Cl2NO3/c21-15-4-1-12(2-5-15)14(11-23)9-16-6-8-19(26-16)13-3-7-18(22)17(10-13)20(24)25/h1-10H,(H,24,25)/b14-9-. The molecule has 4 nitrogen and oxygen atoms in total. The van der Waals surface area contributed by atoms with E-state index in [2.05, 4.69) is 6.07 Å². The number of carboxylic acids is 1. The van der Waals surface area contributed by atoms with Crippen molar-refractivity contribution in [2.75, 3.05) is 0 Å². The molecule has 0 aliphatic carbocycles. The quantitative estimate of drug-likeness (QED) is 0.559. The van der Waals surface area contributed by atoms with Gasteiger partial charge in [0.25, 0.3) is 0 Å². The summed E-state index contributed by atoms with van der Waals surface area (Å²) in [5, 5.41) is 19.3. The summed E-state index contributed by atoms with van der Waals surface area (Å²) in [4.78, 5) is 11.2. The highest BCUT2D eigenvalue weighted by Gasteiger charge is 2.12. The van der Waals surface area contributed by atoms with Gasteiger partial charge in [-0.05, 0) is 54.1 Å². The van der Waals surface area contributed by atoms with Crippen LogP contribution in [0.5, 0.6) is 0 Å². The molecule has 1 heterocycles. The van der Waals surface area contributed by atoms with Crippen molar-refractivity contribution < 1.29 is 14.3 Å². The fraction of sp³-hybridized carbons (Fsp3) is 0. The first kappa shape index (κ1) is 17.8. The second-order valence-corrected chi connectivity index (χ2v) is 6.22. The molecule has 0 unspecified atom stereocenters. The minimum Gasteiger partial charge on any atom is -0.478 e. The van der Waals surface area contributed by atoms with Gasteiger partial charge in [0.05, 0.1) is 22.2 Å². The van der Waals surface area contributed by atoms with Crippen LogP contribution in [0.3, 0.4) is 0 Å². The smallest absolute Gasteiger partial charge is 0.337 e. The van der Waals surface area contributed by atoms with Crippen LogP contribution in [-0.4, -0.2) is 11.1 Å². The first-order valence-corrected chi connectivity index (χ1v) is 8.24. The number of hydrogen-bond acceptors (Lipinski definition) is 3. The number of hydrogen-bond donors (Lipinski definition) is 1. The average molecular weight is 384 g/mol. The third-order valence-corrected chi connectivity index (χ3v) is 4.25. The molecule has 0 aliphatic rings. The lowest BCUT2D eigenvalue weighted by Crippen LogP contribution is -1.97. The van der Waals surface area contributed by atoms with E-state index in [1.54, 1.807) is 48.5 Å². The zero-order valence-corrected chi connectivity index (χ0v) is 14.8. The van der Waals surface area contributed by atoms with Crippen LogP contribution < -0.4 is 0 Å². The third kappa shape index (κ3) is 3.80. The molecule has 0 spiro atoms. The number of allylic oxidation sites excluding steroid dienone is 1. The molecule has 6 heteroatoms. The van der Waals surface area contributed by atoms with Gasteiger partial charge in [0.2, 0.25) is 0 Å². The second-order valence-electron chi connectivity index (χ2n) is 5.38. The van der Waals surface area contributed by atoms with E-state index in [4.69, 9.17) is 32.7 Å². The number of rotatable bonds is 4. The summed E-state index contributed by atoms with van der Waals surface area (Å²) < 4.78 is 5.73. The molecule has 1 N–H and O–H groups in total. The molecule has 1 aromatic heterocycles. The van der Waals surface area contributed by atoms with Gasteiger partial charge in [-0.3, -0.25) is 0 Å². The summed E-state index contributed by atoms with van der Waals surface area (Å²) in [5.74, 6) is -0.167. The molecular formula is C20H11Cl2NO3. The molecule has 0 radical (unpaired) electrons. The fourth-order valence-corrected chi connectivity index (χ4v) is 2.70. The summed E-state index contributed by atoms with van der Waals surface area (Å²) in [6.07, 6.45) is 1.61. The highest BCUT2D eigenvalue weighted by atomic mass is 35.5. The van der Waals surface area contributed by atoms with Crippen LogP contribution in [0.2, 0.25) is 10.0 Å². The monoisotopic (exact) mass is 383 g/mol. The molecule has 0 fully saturated rings. The first-order chi connectivity index (χ1) is 12.5. The summed E-state index contributed by atoms with van der Waals surface area (Å²) in [6, 6.07) is 17.1. The maximum Gasteiger partial charge on any atom is 0.337 e. The molecule has 26 heavy (non-hydrogen) atoms. The van der Waals surface area contributed by atoms with Gasteiger partial charge >= 0.3 is 5.97 Å². The van der Waals surface area contributed by atoms with Crippen LogP contribution in [0.15, 0.2) is 59.0 Å². The van der Waals surface area contributed by atoms with Crippen molar-refractivity contribution in [2.45, 2.75) is 0 Å². The highest BCUT2D eigenvalue weighted by molar-refractivity contribution is 6.33. The minimum atomic E-state index is -1.11. The molecule has 0 saturated carbocycles. The highest BCUT2D eigenvalue weighted by Crippen LogP contribution is 2.28. The number of nitriles is 1. The van der Waals surface area contributed by atoms with Crippen LogP contribution in [0.1, 0.15) is 21.7 Å². The Balaban J connectivity index is 1.95. The topological polar surface area (TPSA) is 74.2 Å². The zero-order chi connectivity index (χ0) is 18.7. The van der Waals surface area contributed by atoms with Crippen molar-refractivity contribution in [3.8, 4) is 17.4 Å². The summed E-state index contributed by atoms with van der Waals surface area (Å²) in [5.41, 5.74) is 1.72. The number of benzene rings is 2. The van der Waals surface area contributed by atoms with Crippen LogP contribution in [0, 0.1) is 11.3 Å². The Morgan fingerprint density at radius 3 is 2.46 bits per heavy atom. The molecule has 0 amide bonds. The van der Waals surface area contributed by atoms with Crippen molar-refractivity contribution >= 4 is 40.8 Å². The Kier molecular flexibility index (Phi) is 5.13. The molecule has 128 valence electrons. The largest absolute Gasteiger partial charge is 0.478 e. The first-order valence-electron chi connectivity index (χ1n) is 7.48. The van der Waals surface area contributed by atoms with Gasteiger partial charge < -0.3 is 9.52 Å². The lowest BCUT2D eigenvalue weighted by Gasteiger charge is -2.02. The average Bonchev–Trinajstić information content (AvgIpc) is 3.09. The van der Waals surface area contributed by atoms with Gasteiger partial charge in [-0.1, -0.05) is 35.3 Å². The maximum atomic E-state index is 11.2. The van der Waals surface area contributed by atoms with Gasteiger partial charge in [0.15, 0.2) is 0 Å². The lowest BCUT2D eigenvalue weighted by atomic mass is 10.1. The van der Waals surface area contributed by atoms with E-state index in [0.717, 1.165) is 5.56 Å². The van der Waals surface area contributed by atoms with Crippen LogP contribution >= 0.6 is 23.2 Å². The predicted octanol–water partition coefficient (Wildman–Crippen LogP) is 6.02. The molecule has 3 aromatic rings. The van der Waals surface area contributed by atoms with Gasteiger partial charge in [0, 0.05) is 10.6 Å². The second kappa shape index (κ2) is 7.49. The van der Waals surface area contributed by atoms with Gasteiger partial charge in [0.1, 0.15) is 11.5 Å². The summed E-state index contributed by atoms with van der Waals surface area (Å²) in [7, 11) is 0. The number of aromatic carboxylic acids is 1. The number of nitrogens with zero attached hydrogens (tertiary/aromatic N) is 1. The third-order valence-electron chi connectivity index (χ3n) is 3.67. The molecule has 3 rings (SSSR count). The van der Waals surface area contributed by atoms with Crippen molar-refractivity contribution in [1.29, 1.82) is 5.26 Å². The lowest BCUT2D eigenvalue weighted by molar-refractivity contribution is 0.0697. The summed E-state index contributed by atoms with van der Waals surface area (Å²) in [6.45, 7) is 0. The number of carboxylic acid groups (broad SMARTS) is 1. The van der Waals surface area contributed by atoms with E-state index in [-0.39, 0.29) is 10.6 Å². The molecular weight excluding hydrogens is 373 g/mol. The van der Waals surface area contributed by atoms with E-state index in [1.807, 2.05) is 0 Å². The van der Waals surface area contributed by atoms with Crippen LogP contribution in [-0.2, 0) is 0 Å². The molecule has 0 saturated heterocycles. The van der Waals surface area contributed by atoms with Crippen molar-refractivity contribution in [1.82, 2.24) is 0 Å². The Bertz CT molecular complexity index is 1040. The maximum absolute atomic E-state index is 11.2. The minimum absolute atomic E-state index is 0.00321. The molecule has 0 bridgehead atoms. The predicted molar refractivity (Wildman–Crippen MR) is 101 cm³/mol. The Labute approximate surface area is 159 Å². The van der Waals surface area contributed by atoms with E-state index in [1.165, 1.54) is 12.1 Å². The number of halogens is 2. The van der Waals surface area contributed by atoms with Crippen molar-refractivity contribution in [3.05, 3.63) is 81.5 Å². The van der Waals surface area contributed by atoms with E-state index in [0.29, 0.717) is 27.7 Å². The van der Waals surface area contributed by atoms with Gasteiger partial charge in [-0.2, -0.15) is 5.26 Å². The van der Waals surface area contributed by atoms with Crippen LogP contribution in [0.25, 0.3) is 23.0 Å². The fourth-order valence-electron chi connectivity index (χ4n) is 2.38. The normalized spacial score (nSPS) is 11.2.